The molecule has 0 bridgehead atoms. The van der Waals surface area contributed by atoms with Crippen LogP contribution in [0.2, 0.25) is 0 Å². The van der Waals surface area contributed by atoms with Crippen molar-refractivity contribution in [1.82, 2.24) is 14.9 Å². The molecule has 154 valence electrons. The van der Waals surface area contributed by atoms with Crippen LogP contribution in [-0.4, -0.2) is 81.5 Å². The number of morpholine rings is 1. The maximum Gasteiger partial charge on any atom is 0.156 e. The Morgan fingerprint density at radius 2 is 1.48 bits per heavy atom. The molecule has 0 atom stereocenters. The highest BCUT2D eigenvalue weighted by molar-refractivity contribution is 5.68. The van der Waals surface area contributed by atoms with Crippen molar-refractivity contribution in [2.75, 3.05) is 76.4 Å². The quantitative estimate of drug-likeness (QED) is 0.770. The third-order valence-electron chi connectivity index (χ3n) is 5.42. The van der Waals surface area contributed by atoms with Crippen molar-refractivity contribution in [2.45, 2.75) is 0 Å². The number of rotatable bonds is 5. The van der Waals surface area contributed by atoms with Gasteiger partial charge >= 0.3 is 0 Å². The van der Waals surface area contributed by atoms with Gasteiger partial charge in [-0.3, -0.25) is 0 Å². The molecular formula is C22H29N5O2. The smallest absolute Gasteiger partial charge is 0.156 e. The predicted octanol–water partition coefficient (Wildman–Crippen LogP) is 2.24. The first kappa shape index (κ1) is 19.7. The second-order valence-corrected chi connectivity index (χ2v) is 7.44. The van der Waals surface area contributed by atoms with Crippen LogP contribution in [0.4, 0.5) is 11.6 Å². The third-order valence-corrected chi connectivity index (χ3v) is 5.42. The fourth-order valence-electron chi connectivity index (χ4n) is 3.55. The van der Waals surface area contributed by atoms with E-state index in [1.54, 1.807) is 7.11 Å². The summed E-state index contributed by atoms with van der Waals surface area (Å²) in [6.07, 6.45) is 4.04. The van der Waals surface area contributed by atoms with Gasteiger partial charge in [0.1, 0.15) is 17.4 Å². The lowest BCUT2D eigenvalue weighted by atomic mass is 10.2. The highest BCUT2D eigenvalue weighted by Gasteiger charge is 2.19. The fraction of sp³-hybridized carbons (Fsp3) is 0.455. The van der Waals surface area contributed by atoms with Gasteiger partial charge in [-0.25, -0.2) is 9.97 Å². The maximum absolute atomic E-state index is 5.51. The molecule has 7 heteroatoms. The topological polar surface area (TPSA) is 54.0 Å². The molecule has 0 aliphatic carbocycles. The summed E-state index contributed by atoms with van der Waals surface area (Å²) < 4.78 is 10.7. The summed E-state index contributed by atoms with van der Waals surface area (Å²) in [5, 5.41) is 0. The highest BCUT2D eigenvalue weighted by Crippen LogP contribution is 2.22. The summed E-state index contributed by atoms with van der Waals surface area (Å²) in [6, 6.07) is 10.1. The van der Waals surface area contributed by atoms with E-state index in [1.165, 1.54) is 0 Å². The summed E-state index contributed by atoms with van der Waals surface area (Å²) in [5.41, 5.74) is 1.09. The van der Waals surface area contributed by atoms with Gasteiger partial charge in [0.25, 0.3) is 0 Å². The maximum atomic E-state index is 5.51. The zero-order valence-corrected chi connectivity index (χ0v) is 17.3. The number of ether oxygens (including phenoxy) is 2. The van der Waals surface area contributed by atoms with Gasteiger partial charge in [0, 0.05) is 45.3 Å². The first-order valence-electron chi connectivity index (χ1n) is 10.2. The number of hydrogen-bond donors (Lipinski definition) is 0. The number of hydrogen-bond acceptors (Lipinski definition) is 7. The Hall–Kier alpha value is -2.64. The average molecular weight is 396 g/mol. The lowest BCUT2D eigenvalue weighted by Gasteiger charge is -2.34. The Labute approximate surface area is 172 Å². The summed E-state index contributed by atoms with van der Waals surface area (Å²) >= 11 is 0. The molecule has 1 aromatic heterocycles. The van der Waals surface area contributed by atoms with Crippen LogP contribution in [0.15, 0.2) is 30.3 Å². The molecule has 2 saturated heterocycles. The zero-order valence-electron chi connectivity index (χ0n) is 17.3. The molecule has 2 aromatic rings. The lowest BCUT2D eigenvalue weighted by Crippen LogP contribution is -2.45. The summed E-state index contributed by atoms with van der Waals surface area (Å²) in [7, 11) is 3.84. The van der Waals surface area contributed by atoms with Gasteiger partial charge in [0.15, 0.2) is 5.82 Å². The lowest BCUT2D eigenvalue weighted by molar-refractivity contribution is 0.122. The molecule has 0 saturated carbocycles. The van der Waals surface area contributed by atoms with Crippen LogP contribution < -0.4 is 14.5 Å². The molecule has 0 unspecified atom stereocenters. The van der Waals surface area contributed by atoms with Crippen LogP contribution in [-0.2, 0) is 4.74 Å². The number of nitrogens with zero attached hydrogens (tertiary/aromatic N) is 5. The van der Waals surface area contributed by atoms with Crippen LogP contribution in [0.25, 0.3) is 12.2 Å². The Morgan fingerprint density at radius 3 is 2.10 bits per heavy atom. The van der Waals surface area contributed by atoms with E-state index in [0.29, 0.717) is 0 Å². The Balaban J connectivity index is 1.60. The van der Waals surface area contributed by atoms with Crippen molar-refractivity contribution < 1.29 is 9.47 Å². The molecule has 0 radical (unpaired) electrons. The van der Waals surface area contributed by atoms with Crippen molar-refractivity contribution >= 4 is 23.8 Å². The number of anilines is 2. The molecule has 2 fully saturated rings. The molecule has 29 heavy (non-hydrogen) atoms. The molecule has 0 N–H and O–H groups in total. The van der Waals surface area contributed by atoms with E-state index in [9.17, 15) is 0 Å². The molecule has 7 nitrogen and oxygen atoms in total. The van der Waals surface area contributed by atoms with Crippen LogP contribution in [0, 0.1) is 0 Å². The largest absolute Gasteiger partial charge is 0.497 e. The number of benzene rings is 1. The van der Waals surface area contributed by atoms with E-state index < -0.39 is 0 Å². The standard InChI is InChI=1S/C22H29N5O2/c1-25-9-11-26(12-10-25)21-17-22(27-13-15-29-16-14-27)24-20(23-21)8-5-18-3-6-19(28-2)7-4-18/h3-8,17H,9-16H2,1-2H3. The van der Waals surface area contributed by atoms with E-state index in [4.69, 9.17) is 19.4 Å². The van der Waals surface area contributed by atoms with Crippen molar-refractivity contribution in [1.29, 1.82) is 0 Å². The van der Waals surface area contributed by atoms with Gasteiger partial charge in [0.05, 0.1) is 20.3 Å². The number of likely N-dealkylation sites (N-methyl/N-ethyl adjacent to an activating group) is 1. The number of piperazine rings is 1. The van der Waals surface area contributed by atoms with E-state index in [2.05, 4.69) is 27.8 Å². The van der Waals surface area contributed by atoms with E-state index in [0.717, 1.165) is 81.3 Å². The molecule has 2 aliphatic rings. The molecule has 3 heterocycles. The van der Waals surface area contributed by atoms with Crippen molar-refractivity contribution in [2.24, 2.45) is 0 Å². The second-order valence-electron chi connectivity index (χ2n) is 7.44. The molecule has 4 rings (SSSR count). The monoisotopic (exact) mass is 395 g/mol. The van der Waals surface area contributed by atoms with Gasteiger partial charge in [-0.15, -0.1) is 0 Å². The van der Waals surface area contributed by atoms with Gasteiger partial charge in [-0.1, -0.05) is 18.2 Å². The minimum absolute atomic E-state index is 0.735. The average Bonchev–Trinajstić information content (AvgIpc) is 2.79. The SMILES string of the molecule is COc1ccc(C=Cc2nc(N3CCOCC3)cc(N3CCN(C)CC3)n2)cc1. The fourth-order valence-corrected chi connectivity index (χ4v) is 3.55. The summed E-state index contributed by atoms with van der Waals surface area (Å²) in [5.74, 6) is 3.57. The first-order valence-corrected chi connectivity index (χ1v) is 10.2. The Kier molecular flexibility index (Phi) is 6.27. The molecule has 2 aliphatic heterocycles. The minimum Gasteiger partial charge on any atom is -0.497 e. The van der Waals surface area contributed by atoms with Crippen LogP contribution >= 0.6 is 0 Å². The number of methoxy groups -OCH3 is 1. The zero-order chi connectivity index (χ0) is 20.1. The number of aromatic nitrogens is 2. The Bertz CT molecular complexity index is 826. The molecule has 0 amide bonds. The van der Waals surface area contributed by atoms with E-state index >= 15 is 0 Å². The molecule has 1 aromatic carbocycles. The Morgan fingerprint density at radius 1 is 0.862 bits per heavy atom. The first-order chi connectivity index (χ1) is 14.2. The summed E-state index contributed by atoms with van der Waals surface area (Å²) in [6.45, 7) is 7.27. The van der Waals surface area contributed by atoms with Gasteiger partial charge in [0.2, 0.25) is 0 Å². The van der Waals surface area contributed by atoms with Crippen molar-refractivity contribution in [3.8, 4) is 5.75 Å². The molecule has 0 spiro atoms. The summed E-state index contributed by atoms with van der Waals surface area (Å²) in [4.78, 5) is 16.7. The minimum atomic E-state index is 0.735. The van der Waals surface area contributed by atoms with Crippen LogP contribution in [0.3, 0.4) is 0 Å². The second kappa shape index (κ2) is 9.24. The third kappa shape index (κ3) is 5.05. The van der Waals surface area contributed by atoms with E-state index in [-0.39, 0.29) is 0 Å². The highest BCUT2D eigenvalue weighted by atomic mass is 16.5. The molecular weight excluding hydrogens is 366 g/mol. The van der Waals surface area contributed by atoms with Crippen molar-refractivity contribution in [3.05, 3.63) is 41.7 Å². The predicted molar refractivity (Wildman–Crippen MR) is 117 cm³/mol. The van der Waals surface area contributed by atoms with Gasteiger partial charge in [-0.2, -0.15) is 0 Å². The van der Waals surface area contributed by atoms with Gasteiger partial charge in [-0.05, 0) is 30.8 Å². The van der Waals surface area contributed by atoms with E-state index in [1.807, 2.05) is 36.4 Å². The van der Waals surface area contributed by atoms with Crippen molar-refractivity contribution in [3.63, 3.8) is 0 Å². The normalized spacial score (nSPS) is 18.4. The van der Waals surface area contributed by atoms with Gasteiger partial charge < -0.3 is 24.2 Å². The van der Waals surface area contributed by atoms with Crippen LogP contribution in [0.5, 0.6) is 5.75 Å². The van der Waals surface area contributed by atoms with Crippen LogP contribution in [0.1, 0.15) is 11.4 Å².